The van der Waals surface area contributed by atoms with Crippen molar-refractivity contribution in [2.75, 3.05) is 5.73 Å². The Morgan fingerprint density at radius 2 is 1.89 bits per heavy atom. The number of pyridine rings is 1. The van der Waals surface area contributed by atoms with Gasteiger partial charge in [-0.2, -0.15) is 13.2 Å². The highest BCUT2D eigenvalue weighted by Crippen LogP contribution is 2.32. The van der Waals surface area contributed by atoms with Gasteiger partial charge in [0.2, 0.25) is 0 Å². The van der Waals surface area contributed by atoms with E-state index in [9.17, 15) is 13.2 Å². The summed E-state index contributed by atoms with van der Waals surface area (Å²) < 4.78 is 37.1. The number of alkyl halides is 3. The first-order valence-electron chi connectivity index (χ1n) is 5.43. The molecule has 2 aromatic rings. The molecule has 19 heavy (non-hydrogen) atoms. The summed E-state index contributed by atoms with van der Waals surface area (Å²) >= 11 is 1.30. The zero-order chi connectivity index (χ0) is 14.0. The second kappa shape index (κ2) is 5.13. The second-order valence-electron chi connectivity index (χ2n) is 4.00. The largest absolute Gasteiger partial charge is 0.417 e. The van der Waals surface area contributed by atoms with Crippen LogP contribution in [0.4, 0.5) is 18.9 Å². The van der Waals surface area contributed by atoms with Crippen molar-refractivity contribution in [3.8, 4) is 0 Å². The predicted molar refractivity (Wildman–Crippen MR) is 69.0 cm³/mol. The van der Waals surface area contributed by atoms with E-state index in [-0.39, 0.29) is 0 Å². The molecule has 0 amide bonds. The lowest BCUT2D eigenvalue weighted by Gasteiger charge is -2.07. The Kier molecular flexibility index (Phi) is 3.71. The quantitative estimate of drug-likeness (QED) is 0.842. The topological polar surface area (TPSA) is 38.9 Å². The highest BCUT2D eigenvalue weighted by atomic mass is 32.2. The molecule has 1 heterocycles. The Morgan fingerprint density at radius 1 is 1.16 bits per heavy atom. The highest BCUT2D eigenvalue weighted by molar-refractivity contribution is 7.99. The van der Waals surface area contributed by atoms with Gasteiger partial charge in [-0.05, 0) is 42.8 Å². The summed E-state index contributed by atoms with van der Waals surface area (Å²) in [4.78, 5) is 4.69. The molecule has 0 aliphatic rings. The number of nitrogens with two attached hydrogens (primary N) is 1. The lowest BCUT2D eigenvalue weighted by Crippen LogP contribution is -2.04. The molecule has 100 valence electrons. The van der Waals surface area contributed by atoms with Crippen molar-refractivity contribution in [3.05, 3.63) is 47.7 Å². The van der Waals surface area contributed by atoms with Crippen LogP contribution in [0.5, 0.6) is 0 Å². The Labute approximate surface area is 112 Å². The molecular weight excluding hydrogens is 273 g/mol. The van der Waals surface area contributed by atoms with Crippen molar-refractivity contribution in [3.63, 3.8) is 0 Å². The molecule has 1 aromatic carbocycles. The van der Waals surface area contributed by atoms with E-state index in [0.717, 1.165) is 22.7 Å². The smallest absolute Gasteiger partial charge is 0.399 e. The fraction of sp³-hybridized carbons (Fsp3) is 0.154. The number of hydrogen-bond acceptors (Lipinski definition) is 3. The van der Waals surface area contributed by atoms with Crippen LogP contribution >= 0.6 is 11.8 Å². The molecule has 0 unspecified atom stereocenters. The van der Waals surface area contributed by atoms with Gasteiger partial charge in [0.25, 0.3) is 0 Å². The van der Waals surface area contributed by atoms with Crippen LogP contribution in [0.2, 0.25) is 0 Å². The van der Waals surface area contributed by atoms with E-state index in [1.165, 1.54) is 17.8 Å². The Balaban J connectivity index is 2.17. The van der Waals surface area contributed by atoms with Gasteiger partial charge in [-0.3, -0.25) is 0 Å². The third kappa shape index (κ3) is 3.41. The molecule has 0 atom stereocenters. The maximum Gasteiger partial charge on any atom is 0.417 e. The average Bonchev–Trinajstić information content (AvgIpc) is 2.33. The molecule has 2 N–H and O–H groups in total. The molecule has 0 spiro atoms. The predicted octanol–water partition coefficient (Wildman–Crippen LogP) is 4.14. The number of benzene rings is 1. The summed E-state index contributed by atoms with van der Waals surface area (Å²) in [6.07, 6.45) is -3.51. The molecular formula is C13H11F3N2S. The van der Waals surface area contributed by atoms with Gasteiger partial charge >= 0.3 is 6.18 Å². The average molecular weight is 284 g/mol. The number of anilines is 1. The molecule has 6 heteroatoms. The van der Waals surface area contributed by atoms with Crippen LogP contribution < -0.4 is 5.73 Å². The Hall–Kier alpha value is -1.69. The summed E-state index contributed by atoms with van der Waals surface area (Å²) in [7, 11) is 0. The SMILES string of the molecule is Cc1cc(Sc2ccc(C(F)(F)F)cn2)ccc1N. The number of rotatable bonds is 2. The van der Waals surface area contributed by atoms with Crippen LogP contribution in [0.1, 0.15) is 11.1 Å². The van der Waals surface area contributed by atoms with Gasteiger partial charge in [0.05, 0.1) is 5.56 Å². The number of hydrogen-bond donors (Lipinski definition) is 1. The van der Waals surface area contributed by atoms with Gasteiger partial charge in [-0.25, -0.2) is 4.98 Å². The van der Waals surface area contributed by atoms with Crippen molar-refractivity contribution in [1.29, 1.82) is 0 Å². The van der Waals surface area contributed by atoms with Crippen molar-refractivity contribution >= 4 is 17.4 Å². The molecule has 0 saturated carbocycles. The van der Waals surface area contributed by atoms with E-state index in [1.54, 1.807) is 6.07 Å². The Morgan fingerprint density at radius 3 is 2.42 bits per heavy atom. The van der Waals surface area contributed by atoms with E-state index in [0.29, 0.717) is 10.7 Å². The van der Waals surface area contributed by atoms with Crippen LogP contribution in [0.3, 0.4) is 0 Å². The van der Waals surface area contributed by atoms with E-state index < -0.39 is 11.7 Å². The lowest BCUT2D eigenvalue weighted by atomic mass is 10.2. The van der Waals surface area contributed by atoms with Gasteiger partial charge < -0.3 is 5.73 Å². The summed E-state index contributed by atoms with van der Waals surface area (Å²) in [6.45, 7) is 1.87. The normalized spacial score (nSPS) is 11.6. The molecule has 0 aliphatic heterocycles. The number of aromatic nitrogens is 1. The first-order chi connectivity index (χ1) is 8.86. The van der Waals surface area contributed by atoms with E-state index in [1.807, 2.05) is 19.1 Å². The van der Waals surface area contributed by atoms with Crippen LogP contribution in [0, 0.1) is 6.92 Å². The van der Waals surface area contributed by atoms with Gasteiger partial charge in [0.1, 0.15) is 5.03 Å². The lowest BCUT2D eigenvalue weighted by molar-refractivity contribution is -0.137. The van der Waals surface area contributed by atoms with E-state index in [2.05, 4.69) is 4.98 Å². The van der Waals surface area contributed by atoms with Gasteiger partial charge in [0, 0.05) is 16.8 Å². The number of nitrogen functional groups attached to an aromatic ring is 1. The summed E-state index contributed by atoms with van der Waals surface area (Å²) in [6, 6.07) is 7.84. The highest BCUT2D eigenvalue weighted by Gasteiger charge is 2.30. The van der Waals surface area contributed by atoms with Crippen LogP contribution in [0.25, 0.3) is 0 Å². The van der Waals surface area contributed by atoms with Crippen LogP contribution in [-0.4, -0.2) is 4.98 Å². The minimum atomic E-state index is -4.35. The molecule has 0 aliphatic carbocycles. The summed E-state index contributed by atoms with van der Waals surface area (Å²) in [5.74, 6) is 0. The summed E-state index contributed by atoms with van der Waals surface area (Å²) in [5, 5.41) is 0.511. The van der Waals surface area contributed by atoms with Crippen molar-refractivity contribution in [2.45, 2.75) is 23.0 Å². The van der Waals surface area contributed by atoms with Crippen molar-refractivity contribution in [2.24, 2.45) is 0 Å². The summed E-state index contributed by atoms with van der Waals surface area (Å²) in [5.41, 5.74) is 6.57. The van der Waals surface area contributed by atoms with Gasteiger partial charge in [-0.1, -0.05) is 11.8 Å². The molecule has 0 radical (unpaired) electrons. The second-order valence-corrected chi connectivity index (χ2v) is 5.10. The third-order valence-corrected chi connectivity index (χ3v) is 3.47. The molecule has 0 saturated heterocycles. The molecule has 1 aromatic heterocycles. The van der Waals surface area contributed by atoms with Gasteiger partial charge in [0.15, 0.2) is 0 Å². The van der Waals surface area contributed by atoms with Crippen LogP contribution in [-0.2, 0) is 6.18 Å². The van der Waals surface area contributed by atoms with Crippen LogP contribution in [0.15, 0.2) is 46.5 Å². The zero-order valence-corrected chi connectivity index (χ0v) is 10.8. The Bertz CT molecular complexity index is 579. The standard InChI is InChI=1S/C13H11F3N2S/c1-8-6-10(3-4-11(8)17)19-12-5-2-9(7-18-12)13(14,15)16/h2-7H,17H2,1H3. The first-order valence-corrected chi connectivity index (χ1v) is 6.25. The minimum Gasteiger partial charge on any atom is -0.399 e. The number of nitrogens with zero attached hydrogens (tertiary/aromatic N) is 1. The number of halogens is 3. The molecule has 0 fully saturated rings. The fourth-order valence-electron chi connectivity index (χ4n) is 1.44. The zero-order valence-electron chi connectivity index (χ0n) is 10.0. The minimum absolute atomic E-state index is 0.511. The van der Waals surface area contributed by atoms with Crippen molar-refractivity contribution in [1.82, 2.24) is 4.98 Å². The van der Waals surface area contributed by atoms with E-state index >= 15 is 0 Å². The molecule has 2 rings (SSSR count). The monoisotopic (exact) mass is 284 g/mol. The van der Waals surface area contributed by atoms with E-state index in [4.69, 9.17) is 5.73 Å². The maximum atomic E-state index is 12.4. The maximum absolute atomic E-state index is 12.4. The number of aryl methyl sites for hydroxylation is 1. The fourth-order valence-corrected chi connectivity index (χ4v) is 2.30. The van der Waals surface area contributed by atoms with Crippen molar-refractivity contribution < 1.29 is 13.2 Å². The third-order valence-electron chi connectivity index (χ3n) is 2.53. The molecule has 0 bridgehead atoms. The first kappa shape index (κ1) is 13.7. The van der Waals surface area contributed by atoms with Gasteiger partial charge in [-0.15, -0.1) is 0 Å². The molecule has 2 nitrogen and oxygen atoms in total.